The van der Waals surface area contributed by atoms with Gasteiger partial charge in [0.15, 0.2) is 0 Å². The largest absolute Gasteiger partial charge is 0.376 e. The lowest BCUT2D eigenvalue weighted by atomic mass is 10.2. The summed E-state index contributed by atoms with van der Waals surface area (Å²) < 4.78 is 27.9. The van der Waals surface area contributed by atoms with Crippen molar-refractivity contribution in [3.8, 4) is 0 Å². The molecule has 0 unspecified atom stereocenters. The predicted octanol–water partition coefficient (Wildman–Crippen LogP) is 4.63. The molecule has 156 valence electrons. The average Bonchev–Trinajstić information content (AvgIpc) is 2.74. The first-order valence-corrected chi connectivity index (χ1v) is 11.4. The highest BCUT2D eigenvalue weighted by molar-refractivity contribution is 9.10. The minimum absolute atomic E-state index is 0.00164. The van der Waals surface area contributed by atoms with E-state index in [1.807, 2.05) is 31.2 Å². The molecular weight excluding hydrogens is 466 g/mol. The highest BCUT2D eigenvalue weighted by atomic mass is 79.9. The molecule has 3 rings (SSSR count). The van der Waals surface area contributed by atoms with Gasteiger partial charge in [0.2, 0.25) is 5.91 Å². The summed E-state index contributed by atoms with van der Waals surface area (Å²) in [6.45, 7) is 1.96. The monoisotopic (exact) mass is 487 g/mol. The van der Waals surface area contributed by atoms with Crippen LogP contribution in [0.3, 0.4) is 0 Å². The van der Waals surface area contributed by atoms with Crippen molar-refractivity contribution in [1.82, 2.24) is 0 Å². The number of nitrogens with one attached hydrogen (secondary N) is 2. The molecule has 0 fully saturated rings. The summed E-state index contributed by atoms with van der Waals surface area (Å²) in [5.74, 6) is -0.241. The second kappa shape index (κ2) is 9.32. The number of amides is 1. The summed E-state index contributed by atoms with van der Waals surface area (Å²) >= 11 is 3.43. The fraction of sp³-hybridized carbons (Fsp3) is 0.136. The van der Waals surface area contributed by atoms with Crippen LogP contribution in [0, 0.1) is 6.92 Å². The number of anilines is 3. The van der Waals surface area contributed by atoms with Crippen LogP contribution < -0.4 is 14.9 Å². The SMILES string of the molecule is Cc1ccc(NC(=O)CNc2cccc(S(=O)(=O)N(C)c3ccccc3)c2)c(Br)c1. The number of halogens is 1. The molecular formula is C22H22BrN3O3S. The molecule has 30 heavy (non-hydrogen) atoms. The molecule has 3 aromatic rings. The van der Waals surface area contributed by atoms with E-state index in [9.17, 15) is 13.2 Å². The summed E-state index contributed by atoms with van der Waals surface area (Å²) in [5.41, 5.74) is 2.86. The van der Waals surface area contributed by atoms with Crippen molar-refractivity contribution in [2.24, 2.45) is 0 Å². The number of nitrogens with zero attached hydrogens (tertiary/aromatic N) is 1. The highest BCUT2D eigenvalue weighted by Crippen LogP contribution is 2.25. The Labute approximate surface area is 185 Å². The van der Waals surface area contributed by atoms with Crippen molar-refractivity contribution in [3.05, 3.63) is 82.8 Å². The van der Waals surface area contributed by atoms with E-state index in [0.717, 1.165) is 10.0 Å². The van der Waals surface area contributed by atoms with Crippen molar-refractivity contribution in [2.45, 2.75) is 11.8 Å². The van der Waals surface area contributed by atoms with E-state index < -0.39 is 10.0 Å². The molecule has 0 saturated heterocycles. The van der Waals surface area contributed by atoms with Gasteiger partial charge in [-0.2, -0.15) is 0 Å². The molecule has 0 saturated carbocycles. The molecule has 0 heterocycles. The molecule has 3 aromatic carbocycles. The Kier molecular flexibility index (Phi) is 6.79. The molecule has 0 aliphatic rings. The van der Waals surface area contributed by atoms with E-state index in [1.165, 1.54) is 23.5 Å². The average molecular weight is 488 g/mol. The Morgan fingerprint density at radius 2 is 1.73 bits per heavy atom. The molecule has 1 amide bonds. The molecule has 6 nitrogen and oxygen atoms in total. The van der Waals surface area contributed by atoms with E-state index in [0.29, 0.717) is 17.1 Å². The van der Waals surface area contributed by atoms with Gasteiger partial charge in [-0.3, -0.25) is 9.10 Å². The zero-order valence-electron chi connectivity index (χ0n) is 16.6. The summed E-state index contributed by atoms with van der Waals surface area (Å²) in [6.07, 6.45) is 0. The van der Waals surface area contributed by atoms with Gasteiger partial charge in [0.1, 0.15) is 0 Å². The quantitative estimate of drug-likeness (QED) is 0.508. The van der Waals surface area contributed by atoms with Gasteiger partial charge >= 0.3 is 0 Å². The molecule has 0 radical (unpaired) electrons. The van der Waals surface area contributed by atoms with Crippen LogP contribution in [0.2, 0.25) is 0 Å². The van der Waals surface area contributed by atoms with Gasteiger partial charge in [-0.05, 0) is 70.9 Å². The number of carbonyl (C=O) groups is 1. The number of carbonyl (C=O) groups excluding carboxylic acids is 1. The third-order valence-electron chi connectivity index (χ3n) is 4.46. The standard InChI is InChI=1S/C22H22BrN3O3S/c1-16-11-12-21(20(23)13-16)25-22(27)15-24-17-7-6-10-19(14-17)30(28,29)26(2)18-8-4-3-5-9-18/h3-14,24H,15H2,1-2H3,(H,25,27). The smallest absolute Gasteiger partial charge is 0.264 e. The first kappa shape index (κ1) is 21.9. The fourth-order valence-corrected chi connectivity index (χ4v) is 4.63. The number of rotatable bonds is 7. The van der Waals surface area contributed by atoms with Crippen LogP contribution in [0.25, 0.3) is 0 Å². The molecule has 2 N–H and O–H groups in total. The molecule has 0 atom stereocenters. The van der Waals surface area contributed by atoms with Gasteiger partial charge in [0, 0.05) is 17.2 Å². The highest BCUT2D eigenvalue weighted by Gasteiger charge is 2.21. The molecule has 8 heteroatoms. The predicted molar refractivity (Wildman–Crippen MR) is 124 cm³/mol. The second-order valence-electron chi connectivity index (χ2n) is 6.72. The normalized spacial score (nSPS) is 11.0. The van der Waals surface area contributed by atoms with Gasteiger partial charge in [-0.25, -0.2) is 8.42 Å². The zero-order valence-corrected chi connectivity index (χ0v) is 19.0. The van der Waals surface area contributed by atoms with Crippen molar-refractivity contribution in [2.75, 3.05) is 28.5 Å². The van der Waals surface area contributed by atoms with E-state index in [1.54, 1.807) is 36.4 Å². The van der Waals surface area contributed by atoms with Crippen LogP contribution >= 0.6 is 15.9 Å². The van der Waals surface area contributed by atoms with Gasteiger partial charge in [0.25, 0.3) is 10.0 Å². The lowest BCUT2D eigenvalue weighted by molar-refractivity contribution is -0.114. The minimum Gasteiger partial charge on any atom is -0.376 e. The number of aryl methyl sites for hydroxylation is 1. The van der Waals surface area contributed by atoms with E-state index in [2.05, 4.69) is 26.6 Å². The number of hydrogen-bond acceptors (Lipinski definition) is 4. The maximum Gasteiger partial charge on any atom is 0.264 e. The minimum atomic E-state index is -3.72. The van der Waals surface area contributed by atoms with Crippen molar-refractivity contribution in [3.63, 3.8) is 0 Å². The molecule has 0 aliphatic heterocycles. The molecule has 0 bridgehead atoms. The van der Waals surface area contributed by atoms with Gasteiger partial charge in [0.05, 0.1) is 22.8 Å². The third kappa shape index (κ3) is 5.20. The maximum atomic E-state index is 12.9. The van der Waals surface area contributed by atoms with Crippen LogP contribution in [0.5, 0.6) is 0 Å². The first-order chi connectivity index (χ1) is 14.3. The van der Waals surface area contributed by atoms with E-state index in [-0.39, 0.29) is 17.3 Å². The Hall–Kier alpha value is -2.84. The van der Waals surface area contributed by atoms with E-state index >= 15 is 0 Å². The summed E-state index contributed by atoms with van der Waals surface area (Å²) in [4.78, 5) is 12.4. The fourth-order valence-electron chi connectivity index (χ4n) is 2.80. The van der Waals surface area contributed by atoms with Crippen molar-refractivity contribution >= 4 is 48.9 Å². The summed E-state index contributed by atoms with van der Waals surface area (Å²) in [6, 6.07) is 20.9. The second-order valence-corrected chi connectivity index (χ2v) is 9.54. The van der Waals surface area contributed by atoms with Crippen LogP contribution in [-0.2, 0) is 14.8 Å². The lowest BCUT2D eigenvalue weighted by Crippen LogP contribution is -2.26. The molecule has 0 aliphatic carbocycles. The number of para-hydroxylation sites is 1. The topological polar surface area (TPSA) is 78.5 Å². The Morgan fingerprint density at radius 1 is 1.00 bits per heavy atom. The van der Waals surface area contributed by atoms with E-state index in [4.69, 9.17) is 0 Å². The number of hydrogen-bond donors (Lipinski definition) is 2. The lowest BCUT2D eigenvalue weighted by Gasteiger charge is -2.20. The molecule has 0 spiro atoms. The Balaban J connectivity index is 1.68. The zero-order chi connectivity index (χ0) is 21.7. The summed E-state index contributed by atoms with van der Waals surface area (Å²) in [7, 11) is -2.21. The van der Waals surface area contributed by atoms with Gasteiger partial charge in [-0.1, -0.05) is 30.3 Å². The van der Waals surface area contributed by atoms with Crippen LogP contribution in [-0.4, -0.2) is 27.9 Å². The Morgan fingerprint density at radius 3 is 2.43 bits per heavy atom. The van der Waals surface area contributed by atoms with Gasteiger partial charge < -0.3 is 10.6 Å². The number of benzene rings is 3. The van der Waals surface area contributed by atoms with Crippen LogP contribution in [0.1, 0.15) is 5.56 Å². The van der Waals surface area contributed by atoms with Crippen LogP contribution in [0.15, 0.2) is 82.2 Å². The van der Waals surface area contributed by atoms with Crippen molar-refractivity contribution < 1.29 is 13.2 Å². The summed E-state index contributed by atoms with van der Waals surface area (Å²) in [5, 5.41) is 5.79. The van der Waals surface area contributed by atoms with Gasteiger partial charge in [-0.15, -0.1) is 0 Å². The Bertz CT molecular complexity index is 1150. The molecule has 0 aromatic heterocycles. The number of sulfonamides is 1. The van der Waals surface area contributed by atoms with Crippen LogP contribution in [0.4, 0.5) is 17.1 Å². The first-order valence-electron chi connectivity index (χ1n) is 9.21. The van der Waals surface area contributed by atoms with Crippen molar-refractivity contribution in [1.29, 1.82) is 0 Å². The third-order valence-corrected chi connectivity index (χ3v) is 6.90. The maximum absolute atomic E-state index is 12.9.